The van der Waals surface area contributed by atoms with Crippen molar-refractivity contribution in [3.05, 3.63) is 100 Å². The van der Waals surface area contributed by atoms with Crippen molar-refractivity contribution in [2.45, 2.75) is 12.9 Å². The van der Waals surface area contributed by atoms with Gasteiger partial charge in [-0.25, -0.2) is 9.48 Å². The molecule has 0 N–H and O–H groups in total. The Kier molecular flexibility index (Phi) is 6.81. The molecule has 4 aromatic rings. The van der Waals surface area contributed by atoms with Crippen LogP contribution in [-0.4, -0.2) is 22.1 Å². The van der Waals surface area contributed by atoms with E-state index in [-0.39, 0.29) is 18.0 Å². The molecule has 0 bridgehead atoms. The molecule has 0 atom stereocenters. The van der Waals surface area contributed by atoms with Gasteiger partial charge in [0.2, 0.25) is 5.88 Å². The number of hydrogen-bond donors (Lipinski definition) is 0. The number of alkyl halides is 3. The van der Waals surface area contributed by atoms with E-state index in [1.807, 2.05) is 30.3 Å². The Hall–Kier alpha value is -3.49. The molecule has 0 saturated carbocycles. The quantitative estimate of drug-likeness (QED) is 0.263. The fraction of sp³-hybridized carbons (Fsp3) is 0.0833. The molecule has 1 heterocycles. The van der Waals surface area contributed by atoms with Gasteiger partial charge >= 0.3 is 12.3 Å². The largest absolute Gasteiger partial charge is 0.573 e. The lowest BCUT2D eigenvalue weighted by atomic mass is 10.2. The molecule has 3 aromatic carbocycles. The van der Waals surface area contributed by atoms with Crippen LogP contribution in [0.2, 0.25) is 10.0 Å². The van der Waals surface area contributed by atoms with Gasteiger partial charge in [0.25, 0.3) is 0 Å². The minimum atomic E-state index is -4.83. The first-order valence-electron chi connectivity index (χ1n) is 9.83. The average molecular weight is 507 g/mol. The van der Waals surface area contributed by atoms with Gasteiger partial charge in [-0.2, -0.15) is 5.10 Å². The zero-order valence-electron chi connectivity index (χ0n) is 17.2. The van der Waals surface area contributed by atoms with Gasteiger partial charge in [0.05, 0.1) is 27.8 Å². The van der Waals surface area contributed by atoms with Crippen LogP contribution in [0.5, 0.6) is 11.6 Å². The van der Waals surface area contributed by atoms with Crippen LogP contribution in [0.4, 0.5) is 13.2 Å². The molecule has 0 aliphatic heterocycles. The summed E-state index contributed by atoms with van der Waals surface area (Å²) >= 11 is 12.1. The van der Waals surface area contributed by atoms with Crippen LogP contribution in [0.1, 0.15) is 15.9 Å². The normalized spacial score (nSPS) is 11.3. The Morgan fingerprint density at radius 3 is 2.26 bits per heavy atom. The number of rotatable bonds is 6. The van der Waals surface area contributed by atoms with Gasteiger partial charge in [-0.1, -0.05) is 59.6 Å². The Labute approximate surface area is 202 Å². The van der Waals surface area contributed by atoms with Crippen LogP contribution >= 0.6 is 23.2 Å². The van der Waals surface area contributed by atoms with Gasteiger partial charge in [-0.05, 0) is 42.0 Å². The van der Waals surface area contributed by atoms with Gasteiger partial charge in [-0.3, -0.25) is 0 Å². The fourth-order valence-corrected chi connectivity index (χ4v) is 3.42. The number of nitrogens with zero attached hydrogens (tertiary/aromatic N) is 2. The molecule has 174 valence electrons. The number of carbonyl (C=O) groups excluding carboxylic acids is 1. The van der Waals surface area contributed by atoms with Crippen LogP contribution in [0.15, 0.2) is 78.9 Å². The van der Waals surface area contributed by atoms with Crippen molar-refractivity contribution >= 4 is 29.2 Å². The maximum absolute atomic E-state index is 12.7. The Balaban J connectivity index is 1.61. The second-order valence-corrected chi connectivity index (χ2v) is 7.92. The highest BCUT2D eigenvalue weighted by Gasteiger charge is 2.31. The molecule has 1 aromatic heterocycles. The monoisotopic (exact) mass is 506 g/mol. The third-order valence-electron chi connectivity index (χ3n) is 4.65. The standard InChI is InChI=1S/C24H15Cl2F3N2O3/c25-19-11-6-15(12-20(19)26)14-31-22(13-21(30-31)16-4-2-1-3-5-16)33-23(32)17-7-9-18(10-8-17)34-24(27,28)29/h1-13H,14H2. The molecule has 0 spiro atoms. The number of halogens is 5. The lowest BCUT2D eigenvalue weighted by Crippen LogP contribution is -2.17. The van der Waals surface area contributed by atoms with Crippen molar-refractivity contribution in [2.24, 2.45) is 0 Å². The third-order valence-corrected chi connectivity index (χ3v) is 5.39. The van der Waals surface area contributed by atoms with Gasteiger partial charge in [0, 0.05) is 11.6 Å². The molecule has 0 amide bonds. The van der Waals surface area contributed by atoms with E-state index in [0.717, 1.165) is 23.3 Å². The summed E-state index contributed by atoms with van der Waals surface area (Å²) in [6, 6.07) is 20.4. The summed E-state index contributed by atoms with van der Waals surface area (Å²) < 4.78 is 47.9. The number of benzene rings is 3. The Bertz CT molecular complexity index is 1310. The predicted molar refractivity (Wildman–Crippen MR) is 121 cm³/mol. The van der Waals surface area contributed by atoms with Crippen LogP contribution in [-0.2, 0) is 6.54 Å². The molecule has 0 aliphatic rings. The number of esters is 1. The highest BCUT2D eigenvalue weighted by molar-refractivity contribution is 6.42. The molecule has 0 radical (unpaired) electrons. The second-order valence-electron chi connectivity index (χ2n) is 7.10. The van der Waals surface area contributed by atoms with Gasteiger partial charge < -0.3 is 9.47 Å². The predicted octanol–water partition coefficient (Wildman–Crippen LogP) is 7.02. The molecule has 0 aliphatic carbocycles. The minimum absolute atomic E-state index is 0.0399. The minimum Gasteiger partial charge on any atom is -0.406 e. The Morgan fingerprint density at radius 2 is 1.62 bits per heavy atom. The summed E-state index contributed by atoms with van der Waals surface area (Å²) in [5.74, 6) is -1.07. The van der Waals surface area contributed by atoms with Gasteiger partial charge in [0.1, 0.15) is 5.75 Å². The molecule has 5 nitrogen and oxygen atoms in total. The highest BCUT2D eigenvalue weighted by Crippen LogP contribution is 2.28. The van der Waals surface area contributed by atoms with E-state index in [1.54, 1.807) is 24.3 Å². The maximum Gasteiger partial charge on any atom is 0.573 e. The Morgan fingerprint density at radius 1 is 0.912 bits per heavy atom. The third kappa shape index (κ3) is 5.89. The first-order chi connectivity index (χ1) is 16.2. The summed E-state index contributed by atoms with van der Waals surface area (Å²) in [6.45, 7) is 0.227. The zero-order chi connectivity index (χ0) is 24.3. The van der Waals surface area contributed by atoms with Crippen molar-refractivity contribution in [1.82, 2.24) is 9.78 Å². The molecule has 34 heavy (non-hydrogen) atoms. The second kappa shape index (κ2) is 9.79. The summed E-state index contributed by atoms with van der Waals surface area (Å²) in [5.41, 5.74) is 2.18. The van der Waals surface area contributed by atoms with E-state index in [4.69, 9.17) is 27.9 Å². The number of ether oxygens (including phenoxy) is 2. The number of hydrogen-bond acceptors (Lipinski definition) is 4. The van der Waals surface area contributed by atoms with Crippen LogP contribution in [0.3, 0.4) is 0 Å². The first-order valence-corrected chi connectivity index (χ1v) is 10.6. The van der Waals surface area contributed by atoms with Crippen LogP contribution < -0.4 is 9.47 Å². The topological polar surface area (TPSA) is 53.3 Å². The summed E-state index contributed by atoms with van der Waals surface area (Å²) in [5, 5.41) is 5.32. The van der Waals surface area contributed by atoms with Crippen molar-refractivity contribution in [2.75, 3.05) is 0 Å². The summed E-state index contributed by atoms with van der Waals surface area (Å²) in [4.78, 5) is 12.7. The number of carbonyl (C=O) groups is 1. The van der Waals surface area contributed by atoms with E-state index >= 15 is 0 Å². The molecule has 0 fully saturated rings. The van der Waals surface area contributed by atoms with E-state index in [9.17, 15) is 18.0 Å². The average Bonchev–Trinajstić information content (AvgIpc) is 3.18. The summed E-state index contributed by atoms with van der Waals surface area (Å²) in [7, 11) is 0. The van der Waals surface area contributed by atoms with Crippen molar-refractivity contribution < 1.29 is 27.4 Å². The molecule has 10 heteroatoms. The lowest BCUT2D eigenvalue weighted by Gasteiger charge is -2.10. The molecular weight excluding hydrogens is 492 g/mol. The van der Waals surface area contributed by atoms with E-state index in [0.29, 0.717) is 15.7 Å². The highest BCUT2D eigenvalue weighted by atomic mass is 35.5. The van der Waals surface area contributed by atoms with Gasteiger partial charge in [-0.15, -0.1) is 13.2 Å². The van der Waals surface area contributed by atoms with E-state index < -0.39 is 18.1 Å². The van der Waals surface area contributed by atoms with Crippen molar-refractivity contribution in [3.8, 4) is 22.9 Å². The zero-order valence-corrected chi connectivity index (χ0v) is 18.7. The molecular formula is C24H15Cl2F3N2O3. The van der Waals surface area contributed by atoms with Crippen LogP contribution in [0.25, 0.3) is 11.3 Å². The van der Waals surface area contributed by atoms with E-state index in [2.05, 4.69) is 9.84 Å². The first kappa shape index (κ1) is 23.7. The van der Waals surface area contributed by atoms with Crippen LogP contribution in [0, 0.1) is 0 Å². The van der Waals surface area contributed by atoms with Crippen molar-refractivity contribution in [3.63, 3.8) is 0 Å². The molecule has 0 saturated heterocycles. The lowest BCUT2D eigenvalue weighted by molar-refractivity contribution is -0.274. The van der Waals surface area contributed by atoms with E-state index in [1.165, 1.54) is 16.8 Å². The molecule has 0 unspecified atom stereocenters. The van der Waals surface area contributed by atoms with Crippen molar-refractivity contribution in [1.29, 1.82) is 0 Å². The SMILES string of the molecule is O=C(Oc1cc(-c2ccccc2)nn1Cc1ccc(Cl)c(Cl)c1)c1ccc(OC(F)(F)F)cc1. The maximum atomic E-state index is 12.7. The van der Waals surface area contributed by atoms with Gasteiger partial charge in [0.15, 0.2) is 0 Å². The number of aromatic nitrogens is 2. The molecule has 4 rings (SSSR count). The summed E-state index contributed by atoms with van der Waals surface area (Å²) in [6.07, 6.45) is -4.83. The fourth-order valence-electron chi connectivity index (χ4n) is 3.10. The smallest absolute Gasteiger partial charge is 0.406 e.